The van der Waals surface area contributed by atoms with Gasteiger partial charge in [0.2, 0.25) is 0 Å². The largest absolute Gasteiger partial charge is 0.271 e. The Hall–Kier alpha value is 0.160. The number of rotatable bonds is 4. The van der Waals surface area contributed by atoms with Gasteiger partial charge in [0, 0.05) is 9.61 Å². The highest BCUT2D eigenvalue weighted by atomic mass is 127. The van der Waals surface area contributed by atoms with Gasteiger partial charge in [-0.25, -0.2) is 0 Å². The summed E-state index contributed by atoms with van der Waals surface area (Å²) in [6.07, 6.45) is 7.94. The standard InChI is InChI=1S/C14H20ClIN2/c15-12-9-11(6-7-13(12)16)14(18-17)8-10-4-2-1-3-5-10/h6-7,9-10,14,18H,1-5,8,17H2. The van der Waals surface area contributed by atoms with Crippen molar-refractivity contribution in [2.75, 3.05) is 0 Å². The molecule has 100 valence electrons. The Labute approximate surface area is 128 Å². The second-order valence-corrected chi connectivity index (χ2v) is 6.70. The molecule has 1 unspecified atom stereocenters. The minimum absolute atomic E-state index is 0.225. The minimum atomic E-state index is 0.225. The summed E-state index contributed by atoms with van der Waals surface area (Å²) in [6, 6.07) is 6.45. The van der Waals surface area contributed by atoms with Gasteiger partial charge in [0.25, 0.3) is 0 Å². The topological polar surface area (TPSA) is 38.0 Å². The van der Waals surface area contributed by atoms with Crippen LogP contribution >= 0.6 is 34.2 Å². The monoisotopic (exact) mass is 378 g/mol. The van der Waals surface area contributed by atoms with E-state index in [0.29, 0.717) is 0 Å². The highest BCUT2D eigenvalue weighted by molar-refractivity contribution is 14.1. The van der Waals surface area contributed by atoms with Gasteiger partial charge in [-0.1, -0.05) is 49.8 Å². The number of hydrogen-bond acceptors (Lipinski definition) is 2. The third kappa shape index (κ3) is 3.83. The van der Waals surface area contributed by atoms with Gasteiger partial charge in [0.05, 0.1) is 5.02 Å². The van der Waals surface area contributed by atoms with Crippen LogP contribution in [0.3, 0.4) is 0 Å². The predicted octanol–water partition coefficient (Wildman–Crippen LogP) is 4.42. The Kier molecular flexibility index (Phi) is 5.73. The smallest absolute Gasteiger partial charge is 0.0542 e. The number of nitrogens with two attached hydrogens (primary N) is 1. The molecule has 0 aromatic heterocycles. The number of nitrogens with one attached hydrogen (secondary N) is 1. The summed E-state index contributed by atoms with van der Waals surface area (Å²) in [7, 11) is 0. The van der Waals surface area contributed by atoms with Crippen molar-refractivity contribution in [1.82, 2.24) is 5.43 Å². The number of benzene rings is 1. The van der Waals surface area contributed by atoms with Crippen molar-refractivity contribution in [2.24, 2.45) is 11.8 Å². The van der Waals surface area contributed by atoms with Gasteiger partial charge in [-0.3, -0.25) is 11.3 Å². The average Bonchev–Trinajstić information content (AvgIpc) is 2.40. The predicted molar refractivity (Wildman–Crippen MR) is 85.4 cm³/mol. The molecule has 1 aromatic carbocycles. The summed E-state index contributed by atoms with van der Waals surface area (Å²) >= 11 is 8.43. The van der Waals surface area contributed by atoms with Gasteiger partial charge in [0.1, 0.15) is 0 Å². The zero-order chi connectivity index (χ0) is 13.0. The van der Waals surface area contributed by atoms with Crippen LogP contribution in [0.15, 0.2) is 18.2 Å². The molecule has 0 radical (unpaired) electrons. The Bertz CT molecular complexity index is 391. The molecule has 18 heavy (non-hydrogen) atoms. The normalized spacial score (nSPS) is 18.8. The van der Waals surface area contributed by atoms with Crippen molar-refractivity contribution in [3.8, 4) is 0 Å². The molecule has 1 saturated carbocycles. The second-order valence-electron chi connectivity index (χ2n) is 5.13. The summed E-state index contributed by atoms with van der Waals surface area (Å²) in [5, 5.41) is 0.817. The Morgan fingerprint density at radius 2 is 2.06 bits per heavy atom. The van der Waals surface area contributed by atoms with E-state index in [1.165, 1.54) is 37.7 Å². The molecule has 1 fully saturated rings. The first kappa shape index (κ1) is 14.6. The number of halogens is 2. The highest BCUT2D eigenvalue weighted by Gasteiger charge is 2.19. The Morgan fingerprint density at radius 3 is 2.67 bits per heavy atom. The fraction of sp³-hybridized carbons (Fsp3) is 0.571. The lowest BCUT2D eigenvalue weighted by atomic mass is 9.83. The molecule has 0 heterocycles. The van der Waals surface area contributed by atoms with Crippen molar-refractivity contribution in [1.29, 1.82) is 0 Å². The van der Waals surface area contributed by atoms with Gasteiger partial charge in [-0.05, 0) is 52.6 Å². The van der Waals surface area contributed by atoms with E-state index >= 15 is 0 Å². The van der Waals surface area contributed by atoms with Gasteiger partial charge in [0.15, 0.2) is 0 Å². The molecule has 1 aliphatic carbocycles. The molecule has 1 atom stereocenters. The second kappa shape index (κ2) is 7.08. The lowest BCUT2D eigenvalue weighted by Gasteiger charge is -2.26. The van der Waals surface area contributed by atoms with Crippen molar-refractivity contribution < 1.29 is 0 Å². The van der Waals surface area contributed by atoms with Crippen LogP contribution in [0.5, 0.6) is 0 Å². The molecular formula is C14H20ClIN2. The lowest BCUT2D eigenvalue weighted by Crippen LogP contribution is -2.30. The maximum Gasteiger partial charge on any atom is 0.0542 e. The summed E-state index contributed by atoms with van der Waals surface area (Å²) in [5.41, 5.74) is 4.15. The molecule has 1 aromatic rings. The first-order valence-electron chi connectivity index (χ1n) is 6.62. The summed E-state index contributed by atoms with van der Waals surface area (Å²) in [4.78, 5) is 0. The van der Waals surface area contributed by atoms with Crippen LogP contribution in [-0.4, -0.2) is 0 Å². The third-order valence-electron chi connectivity index (χ3n) is 3.84. The van der Waals surface area contributed by atoms with Crippen molar-refractivity contribution in [3.63, 3.8) is 0 Å². The molecule has 2 nitrogen and oxygen atoms in total. The Morgan fingerprint density at radius 1 is 1.33 bits per heavy atom. The first-order chi connectivity index (χ1) is 8.70. The van der Waals surface area contributed by atoms with E-state index in [2.05, 4.69) is 40.1 Å². The zero-order valence-corrected chi connectivity index (χ0v) is 13.4. The summed E-state index contributed by atoms with van der Waals surface area (Å²) < 4.78 is 1.09. The van der Waals surface area contributed by atoms with E-state index in [0.717, 1.165) is 20.9 Å². The van der Waals surface area contributed by atoms with Gasteiger partial charge < -0.3 is 0 Å². The van der Waals surface area contributed by atoms with Crippen LogP contribution in [0, 0.1) is 9.49 Å². The Balaban J connectivity index is 2.04. The van der Waals surface area contributed by atoms with Crippen molar-refractivity contribution >= 4 is 34.2 Å². The van der Waals surface area contributed by atoms with Crippen LogP contribution in [0.25, 0.3) is 0 Å². The fourth-order valence-electron chi connectivity index (χ4n) is 2.79. The van der Waals surface area contributed by atoms with E-state index in [-0.39, 0.29) is 6.04 Å². The average molecular weight is 379 g/mol. The van der Waals surface area contributed by atoms with Gasteiger partial charge in [-0.15, -0.1) is 0 Å². The zero-order valence-electron chi connectivity index (χ0n) is 10.5. The first-order valence-corrected chi connectivity index (χ1v) is 8.07. The van der Waals surface area contributed by atoms with Crippen LogP contribution in [0.1, 0.15) is 50.1 Å². The summed E-state index contributed by atoms with van der Waals surface area (Å²) in [5.74, 6) is 6.52. The molecule has 0 bridgehead atoms. The van der Waals surface area contributed by atoms with Gasteiger partial charge in [-0.2, -0.15) is 0 Å². The van der Waals surface area contributed by atoms with E-state index in [9.17, 15) is 0 Å². The van der Waals surface area contributed by atoms with Crippen molar-refractivity contribution in [2.45, 2.75) is 44.6 Å². The van der Waals surface area contributed by atoms with Crippen LogP contribution < -0.4 is 11.3 Å². The van der Waals surface area contributed by atoms with Gasteiger partial charge >= 0.3 is 0 Å². The minimum Gasteiger partial charge on any atom is -0.271 e. The molecule has 0 amide bonds. The molecule has 0 saturated heterocycles. The molecule has 2 rings (SSSR count). The SMILES string of the molecule is NNC(CC1CCCCC1)c1ccc(I)c(Cl)c1. The van der Waals surface area contributed by atoms with E-state index in [4.69, 9.17) is 17.4 Å². The maximum atomic E-state index is 6.18. The van der Waals surface area contributed by atoms with Crippen LogP contribution in [-0.2, 0) is 0 Å². The van der Waals surface area contributed by atoms with E-state index in [1.54, 1.807) is 0 Å². The summed E-state index contributed by atoms with van der Waals surface area (Å²) in [6.45, 7) is 0. The molecule has 0 spiro atoms. The highest BCUT2D eigenvalue weighted by Crippen LogP contribution is 2.32. The van der Waals surface area contributed by atoms with Crippen LogP contribution in [0.4, 0.5) is 0 Å². The molecule has 3 N–H and O–H groups in total. The fourth-order valence-corrected chi connectivity index (χ4v) is 3.31. The van der Waals surface area contributed by atoms with Crippen LogP contribution in [0.2, 0.25) is 5.02 Å². The number of hydrogen-bond donors (Lipinski definition) is 2. The van der Waals surface area contributed by atoms with E-state index < -0.39 is 0 Å². The maximum absolute atomic E-state index is 6.18. The number of hydrazine groups is 1. The quantitative estimate of drug-likeness (QED) is 0.462. The third-order valence-corrected chi connectivity index (χ3v) is 5.41. The van der Waals surface area contributed by atoms with E-state index in [1.807, 2.05) is 6.07 Å². The van der Waals surface area contributed by atoms with Crippen molar-refractivity contribution in [3.05, 3.63) is 32.4 Å². The molecule has 1 aliphatic rings. The lowest BCUT2D eigenvalue weighted by molar-refractivity contribution is 0.301. The molecule has 4 heteroatoms. The molecular weight excluding hydrogens is 359 g/mol. The molecule has 0 aliphatic heterocycles.